The van der Waals surface area contributed by atoms with Crippen LogP contribution in [0.1, 0.15) is 38.4 Å². The average Bonchev–Trinajstić information content (AvgIpc) is 2.96. The minimum atomic E-state index is -0.922. The minimum Gasteiger partial charge on any atom is -0.371 e. The largest absolute Gasteiger partial charge is 0.371 e. The number of benzene rings is 1. The van der Waals surface area contributed by atoms with Crippen molar-refractivity contribution in [3.05, 3.63) is 35.4 Å². The molecule has 1 amide bonds. The van der Waals surface area contributed by atoms with Gasteiger partial charge < -0.3 is 15.8 Å². The molecular weight excluding hydrogens is 290 g/mol. The van der Waals surface area contributed by atoms with E-state index in [9.17, 15) is 13.6 Å². The number of ether oxygens (including phenoxy) is 1. The Hall–Kier alpha value is -1.53. The first kappa shape index (κ1) is 16.8. The first-order valence-corrected chi connectivity index (χ1v) is 7.56. The minimum absolute atomic E-state index is 0.0732. The van der Waals surface area contributed by atoms with E-state index in [2.05, 4.69) is 5.32 Å². The summed E-state index contributed by atoms with van der Waals surface area (Å²) in [7, 11) is 0. The monoisotopic (exact) mass is 312 g/mol. The van der Waals surface area contributed by atoms with E-state index in [0.717, 1.165) is 18.6 Å². The van der Waals surface area contributed by atoms with Gasteiger partial charge in [-0.15, -0.1) is 0 Å². The number of halogens is 2. The van der Waals surface area contributed by atoms with E-state index < -0.39 is 23.8 Å². The second-order valence-corrected chi connectivity index (χ2v) is 5.78. The fourth-order valence-electron chi connectivity index (χ4n) is 2.55. The molecule has 1 fully saturated rings. The van der Waals surface area contributed by atoms with Gasteiger partial charge in [0, 0.05) is 6.61 Å². The van der Waals surface area contributed by atoms with Crippen molar-refractivity contribution in [3.8, 4) is 0 Å². The van der Waals surface area contributed by atoms with Gasteiger partial charge in [-0.1, -0.05) is 26.3 Å². The van der Waals surface area contributed by atoms with Gasteiger partial charge in [0.05, 0.1) is 12.1 Å². The zero-order valence-electron chi connectivity index (χ0n) is 12.8. The molecule has 4 atom stereocenters. The number of hydrogen-bond acceptors (Lipinski definition) is 3. The Morgan fingerprint density at radius 3 is 2.82 bits per heavy atom. The second kappa shape index (κ2) is 7.15. The molecule has 1 saturated heterocycles. The second-order valence-electron chi connectivity index (χ2n) is 5.78. The molecule has 0 spiro atoms. The molecule has 4 nitrogen and oxygen atoms in total. The normalized spacial score (nSPS) is 24.0. The van der Waals surface area contributed by atoms with Crippen molar-refractivity contribution in [1.29, 1.82) is 0 Å². The summed E-state index contributed by atoms with van der Waals surface area (Å²) in [6.45, 7) is 4.34. The highest BCUT2D eigenvalue weighted by Gasteiger charge is 2.33. The van der Waals surface area contributed by atoms with Crippen LogP contribution in [0.5, 0.6) is 0 Å². The smallest absolute Gasteiger partial charge is 0.237 e. The highest BCUT2D eigenvalue weighted by Crippen LogP contribution is 2.30. The van der Waals surface area contributed by atoms with Gasteiger partial charge in [0.15, 0.2) is 11.6 Å². The van der Waals surface area contributed by atoms with Crippen molar-refractivity contribution in [2.45, 2.75) is 44.9 Å². The maximum absolute atomic E-state index is 13.4. The number of rotatable bonds is 5. The summed E-state index contributed by atoms with van der Waals surface area (Å²) < 4.78 is 32.0. The molecule has 1 aliphatic rings. The lowest BCUT2D eigenvalue weighted by Gasteiger charge is -2.24. The van der Waals surface area contributed by atoms with Crippen LogP contribution in [0.2, 0.25) is 0 Å². The van der Waals surface area contributed by atoms with E-state index in [1.165, 1.54) is 6.07 Å². The van der Waals surface area contributed by atoms with Crippen molar-refractivity contribution in [1.82, 2.24) is 5.32 Å². The molecule has 1 aromatic carbocycles. The van der Waals surface area contributed by atoms with E-state index >= 15 is 0 Å². The van der Waals surface area contributed by atoms with Crippen LogP contribution in [0, 0.1) is 17.6 Å². The van der Waals surface area contributed by atoms with Gasteiger partial charge in [-0.05, 0) is 30.0 Å². The van der Waals surface area contributed by atoms with Gasteiger partial charge >= 0.3 is 0 Å². The molecule has 1 heterocycles. The molecular formula is C16H22F2N2O2. The van der Waals surface area contributed by atoms with E-state index in [0.29, 0.717) is 18.6 Å². The number of amides is 1. The van der Waals surface area contributed by atoms with Crippen LogP contribution in [-0.2, 0) is 9.53 Å². The number of nitrogens with two attached hydrogens (primary N) is 1. The molecule has 1 aliphatic heterocycles. The summed E-state index contributed by atoms with van der Waals surface area (Å²) in [5.41, 5.74) is 6.43. The number of hydrogen-bond donors (Lipinski definition) is 2. The third-order valence-corrected chi connectivity index (χ3v) is 4.25. The Labute approximate surface area is 129 Å². The summed E-state index contributed by atoms with van der Waals surface area (Å²) in [5.74, 6) is -1.99. The predicted octanol–water partition coefficient (Wildman–Crippen LogP) is 2.28. The van der Waals surface area contributed by atoms with Gasteiger partial charge in [0.2, 0.25) is 5.91 Å². The number of carbonyl (C=O) groups is 1. The summed E-state index contributed by atoms with van der Waals surface area (Å²) in [5, 5.41) is 2.87. The highest BCUT2D eigenvalue weighted by atomic mass is 19.2. The predicted molar refractivity (Wildman–Crippen MR) is 79.0 cm³/mol. The average molecular weight is 312 g/mol. The summed E-state index contributed by atoms with van der Waals surface area (Å²) in [6, 6.07) is 2.78. The maximum atomic E-state index is 13.4. The van der Waals surface area contributed by atoms with E-state index in [1.54, 1.807) is 0 Å². The SMILES string of the molecule is CCC(C)C(N)C(=O)NC1CCOC1c1ccc(F)c(F)c1. The molecule has 0 saturated carbocycles. The van der Waals surface area contributed by atoms with Crippen LogP contribution in [0.4, 0.5) is 8.78 Å². The van der Waals surface area contributed by atoms with E-state index in [1.807, 2.05) is 13.8 Å². The lowest BCUT2D eigenvalue weighted by molar-refractivity contribution is -0.124. The van der Waals surface area contributed by atoms with Gasteiger partial charge in [0.1, 0.15) is 6.10 Å². The van der Waals surface area contributed by atoms with Crippen LogP contribution in [0.15, 0.2) is 18.2 Å². The molecule has 0 radical (unpaired) electrons. The molecule has 0 aliphatic carbocycles. The Morgan fingerprint density at radius 2 is 2.18 bits per heavy atom. The Balaban J connectivity index is 2.07. The zero-order valence-corrected chi connectivity index (χ0v) is 12.8. The van der Waals surface area contributed by atoms with Crippen LogP contribution < -0.4 is 11.1 Å². The zero-order chi connectivity index (χ0) is 16.3. The molecule has 2 rings (SSSR count). The van der Waals surface area contributed by atoms with Crippen LogP contribution in [0.25, 0.3) is 0 Å². The number of carbonyl (C=O) groups excluding carboxylic acids is 1. The summed E-state index contributed by atoms with van der Waals surface area (Å²) >= 11 is 0. The van der Waals surface area contributed by atoms with Crippen molar-refractivity contribution < 1.29 is 18.3 Å². The molecule has 3 N–H and O–H groups in total. The summed E-state index contributed by atoms with van der Waals surface area (Å²) in [4.78, 5) is 12.2. The molecule has 1 aromatic rings. The first-order chi connectivity index (χ1) is 10.4. The fourth-order valence-corrected chi connectivity index (χ4v) is 2.55. The third-order valence-electron chi connectivity index (χ3n) is 4.25. The van der Waals surface area contributed by atoms with Crippen molar-refractivity contribution in [2.75, 3.05) is 6.61 Å². The van der Waals surface area contributed by atoms with Gasteiger partial charge in [-0.2, -0.15) is 0 Å². The van der Waals surface area contributed by atoms with Crippen LogP contribution in [0.3, 0.4) is 0 Å². The molecule has 122 valence electrons. The lowest BCUT2D eigenvalue weighted by Crippen LogP contribution is -2.49. The Bertz CT molecular complexity index is 539. The van der Waals surface area contributed by atoms with Gasteiger partial charge in [-0.25, -0.2) is 8.78 Å². The van der Waals surface area contributed by atoms with Gasteiger partial charge in [-0.3, -0.25) is 4.79 Å². The van der Waals surface area contributed by atoms with E-state index in [-0.39, 0.29) is 17.9 Å². The van der Waals surface area contributed by atoms with Crippen molar-refractivity contribution in [3.63, 3.8) is 0 Å². The van der Waals surface area contributed by atoms with E-state index in [4.69, 9.17) is 10.5 Å². The third kappa shape index (κ3) is 3.62. The molecule has 0 bridgehead atoms. The van der Waals surface area contributed by atoms with Crippen LogP contribution in [-0.4, -0.2) is 24.6 Å². The molecule has 4 unspecified atom stereocenters. The Morgan fingerprint density at radius 1 is 1.45 bits per heavy atom. The summed E-state index contributed by atoms with van der Waals surface area (Å²) in [6.07, 6.45) is 0.938. The fraction of sp³-hybridized carbons (Fsp3) is 0.562. The topological polar surface area (TPSA) is 64.4 Å². The molecule has 6 heteroatoms. The first-order valence-electron chi connectivity index (χ1n) is 7.56. The van der Waals surface area contributed by atoms with Crippen molar-refractivity contribution in [2.24, 2.45) is 11.7 Å². The standard InChI is InChI=1S/C16H22F2N2O2/c1-3-9(2)14(19)16(21)20-13-6-7-22-15(13)10-4-5-11(17)12(18)8-10/h4-5,8-9,13-15H,3,6-7,19H2,1-2H3,(H,20,21). The Kier molecular flexibility index (Phi) is 5.47. The van der Waals surface area contributed by atoms with Crippen LogP contribution >= 0.6 is 0 Å². The lowest BCUT2D eigenvalue weighted by atomic mass is 9.97. The molecule has 0 aromatic heterocycles. The number of nitrogens with one attached hydrogen (secondary N) is 1. The van der Waals surface area contributed by atoms with Gasteiger partial charge in [0.25, 0.3) is 0 Å². The molecule has 22 heavy (non-hydrogen) atoms. The maximum Gasteiger partial charge on any atom is 0.237 e. The quantitative estimate of drug-likeness (QED) is 0.877. The highest BCUT2D eigenvalue weighted by molar-refractivity contribution is 5.82. The van der Waals surface area contributed by atoms with Crippen molar-refractivity contribution >= 4 is 5.91 Å².